The summed E-state index contributed by atoms with van der Waals surface area (Å²) in [5.74, 6) is -0.695. The lowest BCUT2D eigenvalue weighted by atomic mass is 10.2. The van der Waals surface area contributed by atoms with Gasteiger partial charge in [-0.15, -0.1) is 0 Å². The number of nitrogens with zero attached hydrogens (tertiary/aromatic N) is 1. The lowest BCUT2D eigenvalue weighted by Crippen LogP contribution is -2.37. The fraction of sp³-hybridized carbons (Fsp3) is 0.471. The van der Waals surface area contributed by atoms with Gasteiger partial charge in [0.25, 0.3) is 5.91 Å². The summed E-state index contributed by atoms with van der Waals surface area (Å²) >= 11 is 6.18. The number of carbonyl (C=O) groups is 3. The van der Waals surface area contributed by atoms with Gasteiger partial charge in [-0.25, -0.2) is 9.59 Å². The maximum Gasteiger partial charge on any atom is 0.338 e. The third-order valence-electron chi connectivity index (χ3n) is 3.69. The lowest BCUT2D eigenvalue weighted by molar-refractivity contribution is -0.130. The number of hydrogen-bond donors (Lipinski definition) is 1. The van der Waals surface area contributed by atoms with E-state index in [9.17, 15) is 14.4 Å². The van der Waals surface area contributed by atoms with Crippen LogP contribution in [0.4, 0.5) is 4.79 Å². The Morgan fingerprint density at radius 1 is 1.35 bits per heavy atom. The molecule has 3 amide bonds. The van der Waals surface area contributed by atoms with E-state index in [0.29, 0.717) is 24.7 Å². The molecule has 142 valence electrons. The Morgan fingerprint density at radius 2 is 2.12 bits per heavy atom. The number of nitrogens with one attached hydrogen (secondary N) is 1. The molecule has 1 heterocycles. The van der Waals surface area contributed by atoms with Gasteiger partial charge in [-0.1, -0.05) is 24.9 Å². The summed E-state index contributed by atoms with van der Waals surface area (Å²) < 4.78 is 15.8. The van der Waals surface area contributed by atoms with Crippen LogP contribution in [0.25, 0.3) is 0 Å². The first kappa shape index (κ1) is 19.8. The molecule has 1 aromatic rings. The number of amides is 3. The van der Waals surface area contributed by atoms with Gasteiger partial charge in [-0.05, 0) is 18.6 Å². The Labute approximate surface area is 156 Å². The van der Waals surface area contributed by atoms with Gasteiger partial charge in [0.05, 0.1) is 24.3 Å². The van der Waals surface area contributed by atoms with Crippen molar-refractivity contribution in [1.82, 2.24) is 10.2 Å². The number of imide groups is 1. The molecule has 0 saturated carbocycles. The average molecular weight is 385 g/mol. The van der Waals surface area contributed by atoms with E-state index in [-0.39, 0.29) is 17.1 Å². The molecule has 26 heavy (non-hydrogen) atoms. The minimum Gasteiger partial charge on any atom is -0.493 e. The predicted octanol–water partition coefficient (Wildman–Crippen LogP) is 2.24. The van der Waals surface area contributed by atoms with Gasteiger partial charge in [0.1, 0.15) is 0 Å². The Hall–Kier alpha value is -2.48. The van der Waals surface area contributed by atoms with Crippen molar-refractivity contribution in [2.45, 2.75) is 19.8 Å². The van der Waals surface area contributed by atoms with Crippen LogP contribution >= 0.6 is 11.6 Å². The van der Waals surface area contributed by atoms with Crippen molar-refractivity contribution >= 4 is 29.5 Å². The highest BCUT2D eigenvalue weighted by Gasteiger charge is 2.27. The second-order valence-corrected chi connectivity index (χ2v) is 5.95. The van der Waals surface area contributed by atoms with Crippen LogP contribution in [-0.4, -0.2) is 56.2 Å². The van der Waals surface area contributed by atoms with Crippen LogP contribution in [-0.2, 0) is 9.53 Å². The highest BCUT2D eigenvalue weighted by molar-refractivity contribution is 6.32. The summed E-state index contributed by atoms with van der Waals surface area (Å²) in [7, 11) is 1.43. The topological polar surface area (TPSA) is 94.2 Å². The van der Waals surface area contributed by atoms with E-state index >= 15 is 0 Å². The summed E-state index contributed by atoms with van der Waals surface area (Å²) in [5.41, 5.74) is 0.119. The van der Waals surface area contributed by atoms with Gasteiger partial charge >= 0.3 is 12.0 Å². The summed E-state index contributed by atoms with van der Waals surface area (Å²) in [4.78, 5) is 36.5. The van der Waals surface area contributed by atoms with Crippen LogP contribution < -0.4 is 14.8 Å². The third-order valence-corrected chi connectivity index (χ3v) is 3.97. The first-order valence-corrected chi connectivity index (χ1v) is 8.61. The summed E-state index contributed by atoms with van der Waals surface area (Å²) in [6.45, 7) is 2.60. The molecule has 8 nitrogen and oxygen atoms in total. The molecule has 1 fully saturated rings. The van der Waals surface area contributed by atoms with Crippen LogP contribution in [0.2, 0.25) is 5.02 Å². The van der Waals surface area contributed by atoms with E-state index in [1.807, 2.05) is 6.92 Å². The number of hydrogen-bond acceptors (Lipinski definition) is 6. The fourth-order valence-electron chi connectivity index (χ4n) is 2.29. The van der Waals surface area contributed by atoms with Crippen molar-refractivity contribution < 1.29 is 28.6 Å². The van der Waals surface area contributed by atoms with Crippen LogP contribution in [0, 0.1) is 0 Å². The molecule has 0 spiro atoms. The number of halogens is 1. The molecule has 0 unspecified atom stereocenters. The van der Waals surface area contributed by atoms with Gasteiger partial charge in [-0.2, -0.15) is 0 Å². The largest absolute Gasteiger partial charge is 0.493 e. The van der Waals surface area contributed by atoms with E-state index in [4.69, 9.17) is 25.8 Å². The van der Waals surface area contributed by atoms with E-state index in [2.05, 4.69) is 5.32 Å². The van der Waals surface area contributed by atoms with E-state index in [0.717, 1.165) is 17.7 Å². The van der Waals surface area contributed by atoms with E-state index in [1.165, 1.54) is 19.2 Å². The molecular formula is C17H21ClN2O6. The van der Waals surface area contributed by atoms with Gasteiger partial charge in [-0.3, -0.25) is 9.69 Å². The van der Waals surface area contributed by atoms with E-state index < -0.39 is 24.5 Å². The first-order valence-electron chi connectivity index (χ1n) is 8.23. The SMILES string of the molecule is CCCCOc1c(Cl)cc(C(=O)OCC(=O)N2CCNC2=O)cc1OC. The predicted molar refractivity (Wildman–Crippen MR) is 93.8 cm³/mol. The average Bonchev–Trinajstić information content (AvgIpc) is 3.06. The van der Waals surface area contributed by atoms with Gasteiger partial charge < -0.3 is 19.5 Å². The monoisotopic (exact) mass is 384 g/mol. The molecule has 0 atom stereocenters. The van der Waals surface area contributed by atoms with Crippen molar-refractivity contribution in [3.63, 3.8) is 0 Å². The van der Waals surface area contributed by atoms with Crippen molar-refractivity contribution in [1.29, 1.82) is 0 Å². The minimum atomic E-state index is -0.752. The number of ether oxygens (including phenoxy) is 3. The minimum absolute atomic E-state index is 0.119. The third kappa shape index (κ3) is 4.78. The Kier molecular flexibility index (Phi) is 7.08. The summed E-state index contributed by atoms with van der Waals surface area (Å²) in [5, 5.41) is 2.70. The Balaban J connectivity index is 2.02. The highest BCUT2D eigenvalue weighted by atomic mass is 35.5. The first-order chi connectivity index (χ1) is 12.5. The van der Waals surface area contributed by atoms with Crippen molar-refractivity contribution in [3.05, 3.63) is 22.7 Å². The number of urea groups is 1. The van der Waals surface area contributed by atoms with Crippen LogP contribution in [0.5, 0.6) is 11.5 Å². The zero-order chi connectivity index (χ0) is 19.1. The molecule has 1 saturated heterocycles. The number of methoxy groups -OCH3 is 1. The zero-order valence-corrected chi connectivity index (χ0v) is 15.4. The van der Waals surface area contributed by atoms with Crippen LogP contribution in [0.1, 0.15) is 30.1 Å². The molecule has 0 bridgehead atoms. The molecule has 1 N–H and O–H groups in total. The molecule has 0 aliphatic carbocycles. The molecule has 1 aliphatic rings. The van der Waals surface area contributed by atoms with Gasteiger partial charge in [0, 0.05) is 13.1 Å². The lowest BCUT2D eigenvalue weighted by Gasteiger charge is -2.14. The van der Waals surface area contributed by atoms with Crippen molar-refractivity contribution in [2.75, 3.05) is 33.4 Å². The molecule has 1 aliphatic heterocycles. The van der Waals surface area contributed by atoms with Crippen molar-refractivity contribution in [3.8, 4) is 11.5 Å². The molecular weight excluding hydrogens is 364 g/mol. The maximum atomic E-state index is 12.2. The molecule has 0 radical (unpaired) electrons. The number of esters is 1. The van der Waals surface area contributed by atoms with Crippen LogP contribution in [0.3, 0.4) is 0 Å². The maximum absolute atomic E-state index is 12.2. The number of unbranched alkanes of at least 4 members (excludes halogenated alkanes) is 1. The fourth-order valence-corrected chi connectivity index (χ4v) is 2.56. The number of benzene rings is 1. The Bertz CT molecular complexity index is 694. The second-order valence-electron chi connectivity index (χ2n) is 5.54. The smallest absolute Gasteiger partial charge is 0.338 e. The summed E-state index contributed by atoms with van der Waals surface area (Å²) in [6.07, 6.45) is 1.82. The second kappa shape index (κ2) is 9.28. The number of carbonyl (C=O) groups excluding carboxylic acids is 3. The molecule has 9 heteroatoms. The summed E-state index contributed by atoms with van der Waals surface area (Å²) in [6, 6.07) is 2.33. The molecule has 1 aromatic carbocycles. The number of rotatable bonds is 8. The standard InChI is InChI=1S/C17H21ClN2O6/c1-3-4-7-25-15-12(18)8-11(9-13(15)24-2)16(22)26-10-14(21)20-6-5-19-17(20)23/h8-9H,3-7,10H2,1-2H3,(H,19,23). The quantitative estimate of drug-likeness (QED) is 0.545. The highest BCUT2D eigenvalue weighted by Crippen LogP contribution is 2.36. The van der Waals surface area contributed by atoms with E-state index in [1.54, 1.807) is 0 Å². The Morgan fingerprint density at radius 3 is 2.73 bits per heavy atom. The van der Waals surface area contributed by atoms with Crippen molar-refractivity contribution in [2.24, 2.45) is 0 Å². The van der Waals surface area contributed by atoms with Gasteiger partial charge in [0.15, 0.2) is 18.1 Å². The normalized spacial score (nSPS) is 13.3. The molecule has 0 aromatic heterocycles. The zero-order valence-electron chi connectivity index (χ0n) is 14.7. The molecule has 2 rings (SSSR count). The van der Waals surface area contributed by atoms with Crippen LogP contribution in [0.15, 0.2) is 12.1 Å². The van der Waals surface area contributed by atoms with Gasteiger partial charge in [0.2, 0.25) is 0 Å².